The third-order valence-corrected chi connectivity index (χ3v) is 6.19. The minimum Gasteiger partial charge on any atom is -0.379 e. The van der Waals surface area contributed by atoms with Crippen LogP contribution in [-0.2, 0) is 13.0 Å². The van der Waals surface area contributed by atoms with Gasteiger partial charge in [0, 0.05) is 24.5 Å². The fourth-order valence-electron chi connectivity index (χ4n) is 4.10. The number of rotatable bonds is 6. The van der Waals surface area contributed by atoms with E-state index in [-0.39, 0.29) is 0 Å². The number of hydrogen-bond acceptors (Lipinski definition) is 3. The minimum absolute atomic E-state index is 0.610. The van der Waals surface area contributed by atoms with Crippen molar-refractivity contribution in [3.63, 3.8) is 0 Å². The summed E-state index contributed by atoms with van der Waals surface area (Å²) in [5.74, 6) is 0.610. The van der Waals surface area contributed by atoms with Gasteiger partial charge in [0.25, 0.3) is 0 Å². The summed E-state index contributed by atoms with van der Waals surface area (Å²) in [6.45, 7) is 4.61. The van der Waals surface area contributed by atoms with Crippen LogP contribution < -0.4 is 10.2 Å². The van der Waals surface area contributed by atoms with Crippen molar-refractivity contribution in [2.75, 3.05) is 23.3 Å². The van der Waals surface area contributed by atoms with E-state index in [1.54, 1.807) is 6.33 Å². The number of aromatic nitrogens is 2. The molecule has 3 aromatic rings. The second-order valence-electron chi connectivity index (χ2n) is 7.76. The molecular weight excluding hydrogens is 403 g/mol. The summed E-state index contributed by atoms with van der Waals surface area (Å²) in [5.41, 5.74) is 5.30. The van der Waals surface area contributed by atoms with Crippen LogP contribution in [0.4, 0.5) is 11.4 Å². The van der Waals surface area contributed by atoms with Crippen LogP contribution >= 0.6 is 23.2 Å². The Morgan fingerprint density at radius 1 is 1.17 bits per heavy atom. The zero-order valence-electron chi connectivity index (χ0n) is 16.6. The van der Waals surface area contributed by atoms with Gasteiger partial charge in [0.15, 0.2) is 0 Å². The molecular formula is C23H26Cl2N4. The maximum Gasteiger partial charge on any atom is 0.0925 e. The van der Waals surface area contributed by atoms with Crippen LogP contribution in [0.1, 0.15) is 29.8 Å². The Hall–Kier alpha value is -2.17. The molecule has 0 saturated carbocycles. The first-order chi connectivity index (χ1) is 14.1. The summed E-state index contributed by atoms with van der Waals surface area (Å²) in [6, 6.07) is 14.6. The smallest absolute Gasteiger partial charge is 0.0925 e. The number of benzene rings is 2. The molecule has 1 aliphatic rings. The van der Waals surface area contributed by atoms with E-state index in [9.17, 15) is 0 Å². The average molecular weight is 429 g/mol. The van der Waals surface area contributed by atoms with Crippen LogP contribution in [0, 0.1) is 12.8 Å². The van der Waals surface area contributed by atoms with Gasteiger partial charge in [-0.2, -0.15) is 0 Å². The summed E-state index contributed by atoms with van der Waals surface area (Å²) in [5, 5.41) is 4.76. The average Bonchev–Trinajstić information content (AvgIpc) is 3.12. The van der Waals surface area contributed by atoms with E-state index < -0.39 is 0 Å². The number of anilines is 2. The van der Waals surface area contributed by atoms with Gasteiger partial charge in [-0.05, 0) is 49.8 Å². The number of H-pyrrole nitrogens is 1. The Labute approximate surface area is 182 Å². The Bertz CT molecular complexity index is 932. The van der Waals surface area contributed by atoms with Crippen molar-refractivity contribution in [1.82, 2.24) is 9.97 Å². The van der Waals surface area contributed by atoms with E-state index in [1.165, 1.54) is 12.0 Å². The minimum atomic E-state index is 0.610. The molecule has 2 heterocycles. The lowest BCUT2D eigenvalue weighted by atomic mass is 9.91. The van der Waals surface area contributed by atoms with Gasteiger partial charge in [0.1, 0.15) is 0 Å². The molecule has 4 nitrogen and oxygen atoms in total. The fourth-order valence-corrected chi connectivity index (χ4v) is 4.83. The number of aromatic amines is 1. The van der Waals surface area contributed by atoms with Gasteiger partial charge in [-0.3, -0.25) is 0 Å². The molecule has 0 spiro atoms. The van der Waals surface area contributed by atoms with E-state index in [4.69, 9.17) is 23.2 Å². The first-order valence-electron chi connectivity index (χ1n) is 10.1. The van der Waals surface area contributed by atoms with Crippen LogP contribution in [0.25, 0.3) is 0 Å². The molecule has 4 rings (SSSR count). The van der Waals surface area contributed by atoms with Crippen LogP contribution in [0.2, 0.25) is 10.0 Å². The van der Waals surface area contributed by atoms with E-state index in [1.807, 2.05) is 19.1 Å². The number of nitrogens with one attached hydrogen (secondary N) is 2. The van der Waals surface area contributed by atoms with Gasteiger partial charge < -0.3 is 15.2 Å². The lowest BCUT2D eigenvalue weighted by molar-refractivity contribution is 0.413. The monoisotopic (exact) mass is 428 g/mol. The zero-order valence-corrected chi connectivity index (χ0v) is 18.1. The molecule has 1 atom stereocenters. The summed E-state index contributed by atoms with van der Waals surface area (Å²) in [7, 11) is 0. The molecule has 29 heavy (non-hydrogen) atoms. The Morgan fingerprint density at radius 2 is 1.93 bits per heavy atom. The normalized spacial score (nSPS) is 16.8. The third kappa shape index (κ3) is 4.88. The predicted octanol–water partition coefficient (Wildman–Crippen LogP) is 6.10. The molecule has 1 unspecified atom stereocenters. The molecule has 1 fully saturated rings. The van der Waals surface area contributed by atoms with E-state index >= 15 is 0 Å². The number of aryl methyl sites for hydroxylation is 1. The lowest BCUT2D eigenvalue weighted by Crippen LogP contribution is -2.36. The van der Waals surface area contributed by atoms with E-state index in [2.05, 4.69) is 50.5 Å². The largest absolute Gasteiger partial charge is 0.379 e. The second-order valence-corrected chi connectivity index (χ2v) is 8.57. The highest BCUT2D eigenvalue weighted by Gasteiger charge is 2.24. The van der Waals surface area contributed by atoms with Crippen LogP contribution in [0.5, 0.6) is 0 Å². The van der Waals surface area contributed by atoms with Gasteiger partial charge in [-0.1, -0.05) is 53.5 Å². The predicted molar refractivity (Wildman–Crippen MR) is 122 cm³/mol. The third-order valence-electron chi connectivity index (χ3n) is 5.61. The first-order valence-corrected chi connectivity index (χ1v) is 10.9. The highest BCUT2D eigenvalue weighted by molar-refractivity contribution is 6.39. The maximum absolute atomic E-state index is 6.68. The number of halogens is 2. The summed E-state index contributed by atoms with van der Waals surface area (Å²) >= 11 is 13.4. The van der Waals surface area contributed by atoms with E-state index in [0.29, 0.717) is 22.5 Å². The topological polar surface area (TPSA) is 44.0 Å². The molecule has 0 amide bonds. The number of nitrogens with zero attached hydrogens (tertiary/aromatic N) is 2. The molecule has 152 valence electrons. The Kier molecular flexibility index (Phi) is 6.31. The van der Waals surface area contributed by atoms with Gasteiger partial charge in [-0.25, -0.2) is 4.98 Å². The van der Waals surface area contributed by atoms with Gasteiger partial charge >= 0.3 is 0 Å². The van der Waals surface area contributed by atoms with Gasteiger partial charge in [-0.15, -0.1) is 0 Å². The zero-order chi connectivity index (χ0) is 20.2. The second kappa shape index (κ2) is 9.10. The molecule has 0 radical (unpaired) electrons. The number of piperidine rings is 1. The molecule has 0 aliphatic carbocycles. The molecule has 1 saturated heterocycles. The van der Waals surface area contributed by atoms with Crippen LogP contribution in [0.15, 0.2) is 48.8 Å². The van der Waals surface area contributed by atoms with Crippen molar-refractivity contribution in [2.24, 2.45) is 5.92 Å². The van der Waals surface area contributed by atoms with Crippen molar-refractivity contribution in [1.29, 1.82) is 0 Å². The molecule has 0 bridgehead atoms. The molecule has 1 aliphatic heterocycles. The summed E-state index contributed by atoms with van der Waals surface area (Å²) in [4.78, 5) is 9.76. The Morgan fingerprint density at radius 3 is 2.62 bits per heavy atom. The highest BCUT2D eigenvalue weighted by atomic mass is 35.5. The van der Waals surface area contributed by atoms with Crippen molar-refractivity contribution >= 4 is 34.6 Å². The van der Waals surface area contributed by atoms with Crippen LogP contribution in [0.3, 0.4) is 0 Å². The van der Waals surface area contributed by atoms with Gasteiger partial charge in [0.2, 0.25) is 0 Å². The lowest BCUT2D eigenvalue weighted by Gasteiger charge is -2.35. The summed E-state index contributed by atoms with van der Waals surface area (Å²) in [6.07, 6.45) is 5.19. The van der Waals surface area contributed by atoms with Crippen molar-refractivity contribution in [2.45, 2.75) is 32.7 Å². The molecule has 1 aromatic heterocycles. The molecule has 6 heteroatoms. The van der Waals surface area contributed by atoms with Crippen LogP contribution in [-0.4, -0.2) is 23.1 Å². The molecule has 2 N–H and O–H groups in total. The SMILES string of the molecule is Cc1[nH]cnc1CNc1cc(Cl)c(N2CCCC(Cc3ccccc3)C2)c(Cl)c1. The highest BCUT2D eigenvalue weighted by Crippen LogP contribution is 2.39. The van der Waals surface area contributed by atoms with Gasteiger partial charge in [0.05, 0.1) is 34.3 Å². The number of hydrogen-bond donors (Lipinski definition) is 2. The van der Waals surface area contributed by atoms with Crippen molar-refractivity contribution in [3.8, 4) is 0 Å². The fraction of sp³-hybridized carbons (Fsp3) is 0.348. The molecule has 2 aromatic carbocycles. The Balaban J connectivity index is 1.45. The maximum atomic E-state index is 6.68. The van der Waals surface area contributed by atoms with Crippen molar-refractivity contribution in [3.05, 3.63) is 75.8 Å². The quantitative estimate of drug-likeness (QED) is 0.498. The number of imidazole rings is 1. The van der Waals surface area contributed by atoms with Crippen molar-refractivity contribution < 1.29 is 0 Å². The van der Waals surface area contributed by atoms with E-state index in [0.717, 1.165) is 48.7 Å². The first kappa shape index (κ1) is 20.1. The summed E-state index contributed by atoms with van der Waals surface area (Å²) < 4.78 is 0. The standard InChI is InChI=1S/C23H26Cl2N4/c1-16-22(28-15-27-16)13-26-19-11-20(24)23(21(25)12-19)29-9-5-8-18(14-29)10-17-6-3-2-4-7-17/h2-4,6-7,11-12,15,18,26H,5,8-10,13-14H2,1H3,(H,27,28).